The van der Waals surface area contributed by atoms with E-state index < -0.39 is 0 Å². The van der Waals surface area contributed by atoms with Crippen LogP contribution in [0.5, 0.6) is 0 Å². The minimum absolute atomic E-state index is 0.862. The highest BCUT2D eigenvalue weighted by Gasteiger charge is 2.11. The smallest absolute Gasteiger partial charge is 0.0739 e. The molecule has 1 aromatic rings. The van der Waals surface area contributed by atoms with Crippen molar-refractivity contribution in [1.82, 2.24) is 20.0 Å². The zero-order valence-electron chi connectivity index (χ0n) is 11.8. The normalized spacial score (nSPS) is 17.0. The number of ether oxygens (including phenoxy) is 1. The molecule has 0 unspecified atom stereocenters. The maximum atomic E-state index is 5.34. The fourth-order valence-electron chi connectivity index (χ4n) is 2.33. The number of aromatic nitrogens is 2. The Morgan fingerprint density at radius 1 is 1.37 bits per heavy atom. The summed E-state index contributed by atoms with van der Waals surface area (Å²) in [6, 6.07) is 0. The van der Waals surface area contributed by atoms with Gasteiger partial charge in [-0.05, 0) is 42.4 Å². The molecular formula is C13H23BrN4O. The fraction of sp³-hybridized carbons (Fsp3) is 0.769. The summed E-state index contributed by atoms with van der Waals surface area (Å²) in [6.45, 7) is 8.99. The van der Waals surface area contributed by atoms with Crippen LogP contribution in [0.15, 0.2) is 4.47 Å². The molecule has 1 saturated heterocycles. The number of morpholine rings is 1. The first-order chi connectivity index (χ1) is 9.18. The molecule has 1 aromatic heterocycles. The van der Waals surface area contributed by atoms with Crippen molar-refractivity contribution < 1.29 is 4.74 Å². The summed E-state index contributed by atoms with van der Waals surface area (Å²) in [5.41, 5.74) is 2.26. The van der Waals surface area contributed by atoms with Gasteiger partial charge in [0.05, 0.1) is 29.1 Å². The topological polar surface area (TPSA) is 42.3 Å². The molecule has 0 amide bonds. The summed E-state index contributed by atoms with van der Waals surface area (Å²) in [5, 5.41) is 7.88. The molecule has 0 radical (unpaired) electrons. The van der Waals surface area contributed by atoms with Gasteiger partial charge in [0.2, 0.25) is 0 Å². The van der Waals surface area contributed by atoms with Crippen LogP contribution >= 0.6 is 15.9 Å². The molecule has 1 aliphatic rings. The second-order valence-electron chi connectivity index (χ2n) is 4.95. The van der Waals surface area contributed by atoms with Gasteiger partial charge in [0.1, 0.15) is 0 Å². The van der Waals surface area contributed by atoms with Gasteiger partial charge in [0, 0.05) is 26.7 Å². The summed E-state index contributed by atoms with van der Waals surface area (Å²) in [4.78, 5) is 2.47. The lowest BCUT2D eigenvalue weighted by molar-refractivity contribution is 0.0374. The third-order valence-corrected chi connectivity index (χ3v) is 4.52. The largest absolute Gasteiger partial charge is 0.379 e. The Morgan fingerprint density at radius 3 is 2.74 bits per heavy atom. The lowest BCUT2D eigenvalue weighted by Gasteiger charge is -2.26. The Hall–Kier alpha value is -0.430. The minimum Gasteiger partial charge on any atom is -0.379 e. The number of nitrogens with zero attached hydrogens (tertiary/aromatic N) is 3. The minimum atomic E-state index is 0.862. The van der Waals surface area contributed by atoms with Gasteiger partial charge in [-0.1, -0.05) is 0 Å². The fourth-order valence-corrected chi connectivity index (χ4v) is 2.81. The van der Waals surface area contributed by atoms with Gasteiger partial charge in [-0.3, -0.25) is 9.58 Å². The van der Waals surface area contributed by atoms with E-state index in [1.807, 2.05) is 18.7 Å². The third-order valence-electron chi connectivity index (χ3n) is 3.49. The summed E-state index contributed by atoms with van der Waals surface area (Å²) < 4.78 is 8.40. The van der Waals surface area contributed by atoms with Crippen LogP contribution in [0.2, 0.25) is 0 Å². The van der Waals surface area contributed by atoms with E-state index in [9.17, 15) is 0 Å². The molecular weight excluding hydrogens is 308 g/mol. The molecule has 1 N–H and O–H groups in total. The number of aryl methyl sites for hydroxylation is 2. The Labute approximate surface area is 123 Å². The predicted molar refractivity (Wildman–Crippen MR) is 79.2 cm³/mol. The number of nitrogens with one attached hydrogen (secondary N) is 1. The highest BCUT2D eigenvalue weighted by atomic mass is 79.9. The van der Waals surface area contributed by atoms with Crippen molar-refractivity contribution in [2.45, 2.75) is 19.9 Å². The molecule has 2 rings (SSSR count). The van der Waals surface area contributed by atoms with Crippen LogP contribution in [-0.2, 0) is 18.3 Å². The first kappa shape index (κ1) is 15.0. The van der Waals surface area contributed by atoms with E-state index in [-0.39, 0.29) is 0 Å². The van der Waals surface area contributed by atoms with Crippen LogP contribution < -0.4 is 5.32 Å². The van der Waals surface area contributed by atoms with Crippen LogP contribution in [0, 0.1) is 6.92 Å². The van der Waals surface area contributed by atoms with Crippen molar-refractivity contribution in [2.24, 2.45) is 7.05 Å². The van der Waals surface area contributed by atoms with Crippen LogP contribution in [0.25, 0.3) is 0 Å². The molecule has 1 aliphatic heterocycles. The molecule has 108 valence electrons. The van der Waals surface area contributed by atoms with Crippen molar-refractivity contribution >= 4 is 15.9 Å². The molecule has 0 saturated carbocycles. The quantitative estimate of drug-likeness (QED) is 0.798. The van der Waals surface area contributed by atoms with E-state index >= 15 is 0 Å². The summed E-state index contributed by atoms with van der Waals surface area (Å²) in [6.07, 6.45) is 1.18. The molecule has 0 bridgehead atoms. The lowest BCUT2D eigenvalue weighted by atomic mass is 10.3. The SMILES string of the molecule is Cc1nn(C)c(CNCCCN2CCOCC2)c1Br. The standard InChI is InChI=1S/C13H23BrN4O/c1-11-13(14)12(17(2)16-11)10-15-4-3-5-18-6-8-19-9-7-18/h15H,3-10H2,1-2H3. The molecule has 5 nitrogen and oxygen atoms in total. The first-order valence-electron chi connectivity index (χ1n) is 6.87. The zero-order valence-corrected chi connectivity index (χ0v) is 13.4. The molecule has 0 aliphatic carbocycles. The number of hydrogen-bond donors (Lipinski definition) is 1. The molecule has 0 spiro atoms. The van der Waals surface area contributed by atoms with Crippen LogP contribution in [0.1, 0.15) is 17.8 Å². The average molecular weight is 331 g/mol. The molecule has 0 atom stereocenters. The number of rotatable bonds is 6. The predicted octanol–water partition coefficient (Wildman–Crippen LogP) is 1.30. The maximum absolute atomic E-state index is 5.34. The first-order valence-corrected chi connectivity index (χ1v) is 7.66. The molecule has 19 heavy (non-hydrogen) atoms. The zero-order chi connectivity index (χ0) is 13.7. The number of halogens is 1. The molecule has 1 fully saturated rings. The van der Waals surface area contributed by atoms with Crippen LogP contribution in [-0.4, -0.2) is 54.1 Å². The van der Waals surface area contributed by atoms with Gasteiger partial charge < -0.3 is 10.1 Å². The van der Waals surface area contributed by atoms with Gasteiger partial charge in [0.15, 0.2) is 0 Å². The lowest BCUT2D eigenvalue weighted by Crippen LogP contribution is -2.37. The van der Waals surface area contributed by atoms with Gasteiger partial charge >= 0.3 is 0 Å². The van der Waals surface area contributed by atoms with Crippen molar-refractivity contribution in [3.05, 3.63) is 15.9 Å². The summed E-state index contributed by atoms with van der Waals surface area (Å²) in [5.74, 6) is 0. The van der Waals surface area contributed by atoms with E-state index in [0.29, 0.717) is 0 Å². The van der Waals surface area contributed by atoms with Gasteiger partial charge in [-0.15, -0.1) is 0 Å². The Balaban J connectivity index is 1.63. The Kier molecular flexibility index (Phi) is 5.81. The van der Waals surface area contributed by atoms with Crippen molar-refractivity contribution in [2.75, 3.05) is 39.4 Å². The van der Waals surface area contributed by atoms with E-state index in [0.717, 1.165) is 56.1 Å². The Bertz CT molecular complexity index is 402. The van der Waals surface area contributed by atoms with Crippen LogP contribution in [0.4, 0.5) is 0 Å². The van der Waals surface area contributed by atoms with Gasteiger partial charge in [-0.25, -0.2) is 0 Å². The van der Waals surface area contributed by atoms with Gasteiger partial charge in [-0.2, -0.15) is 5.10 Å². The highest BCUT2D eigenvalue weighted by Crippen LogP contribution is 2.19. The summed E-state index contributed by atoms with van der Waals surface area (Å²) in [7, 11) is 1.99. The van der Waals surface area contributed by atoms with Crippen molar-refractivity contribution in [1.29, 1.82) is 0 Å². The Morgan fingerprint density at radius 2 is 2.11 bits per heavy atom. The molecule has 6 heteroatoms. The van der Waals surface area contributed by atoms with Crippen molar-refractivity contribution in [3.8, 4) is 0 Å². The van der Waals surface area contributed by atoms with Crippen molar-refractivity contribution in [3.63, 3.8) is 0 Å². The molecule has 2 heterocycles. The maximum Gasteiger partial charge on any atom is 0.0739 e. The van der Waals surface area contributed by atoms with Gasteiger partial charge in [0.25, 0.3) is 0 Å². The number of hydrogen-bond acceptors (Lipinski definition) is 4. The highest BCUT2D eigenvalue weighted by molar-refractivity contribution is 9.10. The monoisotopic (exact) mass is 330 g/mol. The average Bonchev–Trinajstić information content (AvgIpc) is 2.65. The van der Waals surface area contributed by atoms with Crippen LogP contribution in [0.3, 0.4) is 0 Å². The summed E-state index contributed by atoms with van der Waals surface area (Å²) >= 11 is 3.59. The second-order valence-corrected chi connectivity index (χ2v) is 5.75. The van der Waals surface area contributed by atoms with E-state index in [4.69, 9.17) is 4.74 Å². The molecule has 0 aromatic carbocycles. The van der Waals surface area contributed by atoms with E-state index in [1.165, 1.54) is 12.1 Å². The van der Waals surface area contributed by atoms with E-state index in [1.54, 1.807) is 0 Å². The third kappa shape index (κ3) is 4.27. The van der Waals surface area contributed by atoms with E-state index in [2.05, 4.69) is 31.2 Å². The second kappa shape index (κ2) is 7.38.